The van der Waals surface area contributed by atoms with E-state index in [1.807, 2.05) is 12.1 Å². The van der Waals surface area contributed by atoms with Crippen molar-refractivity contribution in [1.29, 1.82) is 0 Å². The van der Waals surface area contributed by atoms with E-state index in [-0.39, 0.29) is 5.75 Å². The van der Waals surface area contributed by atoms with Gasteiger partial charge >= 0.3 is 6.36 Å². The Kier molecular flexibility index (Phi) is 5.69. The lowest BCUT2D eigenvalue weighted by Gasteiger charge is -2.09. The van der Waals surface area contributed by atoms with Crippen molar-refractivity contribution in [2.24, 2.45) is 0 Å². The third kappa shape index (κ3) is 6.08. The molecule has 0 atom stereocenters. The smallest absolute Gasteiger partial charge is 0.494 e. The molecule has 0 amide bonds. The van der Waals surface area contributed by atoms with E-state index in [0.717, 1.165) is 30.6 Å². The maximum absolute atomic E-state index is 12.0. The molecule has 0 aliphatic rings. The van der Waals surface area contributed by atoms with E-state index in [1.54, 1.807) is 24.3 Å². The highest BCUT2D eigenvalue weighted by molar-refractivity contribution is 5.27. The zero-order chi connectivity index (χ0) is 15.8. The molecule has 2 nitrogen and oxygen atoms in total. The number of aryl methyl sites for hydroxylation is 1. The van der Waals surface area contributed by atoms with Crippen LogP contribution in [0.5, 0.6) is 11.5 Å². The van der Waals surface area contributed by atoms with Crippen LogP contribution in [0.1, 0.15) is 18.4 Å². The molecule has 22 heavy (non-hydrogen) atoms. The number of rotatable bonds is 7. The van der Waals surface area contributed by atoms with Gasteiger partial charge in [0.2, 0.25) is 0 Å². The summed E-state index contributed by atoms with van der Waals surface area (Å²) in [5.74, 6) is 0.618. The lowest BCUT2D eigenvalue weighted by atomic mass is 10.1. The molecule has 2 aromatic rings. The van der Waals surface area contributed by atoms with E-state index in [9.17, 15) is 13.2 Å². The molecular formula is C17H16F3O2. The normalized spacial score (nSPS) is 11.2. The average molecular weight is 309 g/mol. The zero-order valence-corrected chi connectivity index (χ0v) is 11.9. The molecule has 117 valence electrons. The number of hydrogen-bond acceptors (Lipinski definition) is 2. The van der Waals surface area contributed by atoms with Gasteiger partial charge in [0.25, 0.3) is 0 Å². The molecule has 0 spiro atoms. The van der Waals surface area contributed by atoms with Crippen LogP contribution in [0.25, 0.3) is 0 Å². The van der Waals surface area contributed by atoms with Gasteiger partial charge in [-0.25, -0.2) is 0 Å². The van der Waals surface area contributed by atoms with Gasteiger partial charge in [-0.2, -0.15) is 0 Å². The van der Waals surface area contributed by atoms with Crippen molar-refractivity contribution in [3.8, 4) is 11.5 Å². The SMILES string of the molecule is FC(F)(F)Oc1ccc(CCCCOc2cc[c]cc2)cc1. The van der Waals surface area contributed by atoms with Gasteiger partial charge in [0.1, 0.15) is 11.5 Å². The molecule has 5 heteroatoms. The van der Waals surface area contributed by atoms with Gasteiger partial charge in [-0.15, -0.1) is 13.2 Å². The van der Waals surface area contributed by atoms with Gasteiger partial charge in [0.05, 0.1) is 6.61 Å². The third-order valence-corrected chi connectivity index (χ3v) is 2.97. The van der Waals surface area contributed by atoms with Gasteiger partial charge < -0.3 is 9.47 Å². The molecule has 0 saturated heterocycles. The van der Waals surface area contributed by atoms with Crippen molar-refractivity contribution in [3.63, 3.8) is 0 Å². The van der Waals surface area contributed by atoms with E-state index in [1.165, 1.54) is 12.1 Å². The standard InChI is InChI=1S/C17H16F3O2/c18-17(19,20)22-16-11-9-14(10-12-16)6-4-5-13-21-15-7-2-1-3-8-15/h2-3,7-12H,4-6,13H2. The zero-order valence-electron chi connectivity index (χ0n) is 11.9. The number of alkyl halides is 3. The second kappa shape index (κ2) is 7.73. The second-order valence-electron chi connectivity index (χ2n) is 4.73. The van der Waals surface area contributed by atoms with Crippen LogP contribution >= 0.6 is 0 Å². The predicted molar refractivity (Wildman–Crippen MR) is 76.8 cm³/mol. The average Bonchev–Trinajstić information content (AvgIpc) is 2.48. The Hall–Kier alpha value is -2.17. The Morgan fingerprint density at radius 3 is 2.18 bits per heavy atom. The fourth-order valence-electron chi connectivity index (χ4n) is 1.95. The summed E-state index contributed by atoms with van der Waals surface area (Å²) in [7, 11) is 0. The van der Waals surface area contributed by atoms with Gasteiger partial charge in [-0.1, -0.05) is 24.3 Å². The topological polar surface area (TPSA) is 18.5 Å². The van der Waals surface area contributed by atoms with Crippen LogP contribution in [-0.2, 0) is 6.42 Å². The number of benzene rings is 2. The Bertz CT molecular complexity index is 550. The Morgan fingerprint density at radius 1 is 0.864 bits per heavy atom. The molecule has 2 aromatic carbocycles. The molecule has 0 N–H and O–H groups in total. The summed E-state index contributed by atoms with van der Waals surface area (Å²) in [4.78, 5) is 0. The first-order valence-corrected chi connectivity index (χ1v) is 6.96. The molecule has 0 saturated carbocycles. The largest absolute Gasteiger partial charge is 0.573 e. The summed E-state index contributed by atoms with van der Waals surface area (Å²) in [5, 5.41) is 0. The highest BCUT2D eigenvalue weighted by Gasteiger charge is 2.30. The number of ether oxygens (including phenoxy) is 2. The van der Waals surface area contributed by atoms with Crippen molar-refractivity contribution in [1.82, 2.24) is 0 Å². The summed E-state index contributed by atoms with van der Waals surface area (Å²) < 4.78 is 45.5. The maximum Gasteiger partial charge on any atom is 0.573 e. The van der Waals surface area contributed by atoms with E-state index < -0.39 is 6.36 Å². The molecule has 0 aromatic heterocycles. The highest BCUT2D eigenvalue weighted by Crippen LogP contribution is 2.23. The minimum absolute atomic E-state index is 0.194. The van der Waals surface area contributed by atoms with E-state index >= 15 is 0 Å². The van der Waals surface area contributed by atoms with Crippen molar-refractivity contribution in [3.05, 3.63) is 60.2 Å². The lowest BCUT2D eigenvalue weighted by Crippen LogP contribution is -2.17. The summed E-state index contributed by atoms with van der Waals surface area (Å²) in [6.07, 6.45) is -2.08. The molecular weight excluding hydrogens is 293 g/mol. The number of halogens is 3. The molecule has 2 rings (SSSR count). The summed E-state index contributed by atoms with van der Waals surface area (Å²) >= 11 is 0. The van der Waals surface area contributed by atoms with Crippen LogP contribution in [0.4, 0.5) is 13.2 Å². The predicted octanol–water partition coefficient (Wildman–Crippen LogP) is 4.79. The lowest BCUT2D eigenvalue weighted by molar-refractivity contribution is -0.274. The molecule has 0 unspecified atom stereocenters. The van der Waals surface area contributed by atoms with Crippen molar-refractivity contribution < 1.29 is 22.6 Å². The minimum atomic E-state index is -4.64. The van der Waals surface area contributed by atoms with Crippen LogP contribution in [0.2, 0.25) is 0 Å². The van der Waals surface area contributed by atoms with Crippen molar-refractivity contribution in [2.45, 2.75) is 25.6 Å². The molecule has 1 radical (unpaired) electrons. The highest BCUT2D eigenvalue weighted by atomic mass is 19.4. The van der Waals surface area contributed by atoms with Gasteiger partial charge in [0.15, 0.2) is 0 Å². The first-order valence-electron chi connectivity index (χ1n) is 6.96. The first kappa shape index (κ1) is 16.2. The number of unbranched alkanes of at least 4 members (excludes halogenated alkanes) is 1. The van der Waals surface area contributed by atoms with Crippen LogP contribution in [0.3, 0.4) is 0 Å². The molecule has 0 fully saturated rings. The molecule has 0 aliphatic heterocycles. The molecule has 0 heterocycles. The Morgan fingerprint density at radius 2 is 1.55 bits per heavy atom. The van der Waals surface area contributed by atoms with Crippen LogP contribution in [0.15, 0.2) is 48.5 Å². The minimum Gasteiger partial charge on any atom is -0.494 e. The quantitative estimate of drug-likeness (QED) is 0.685. The Balaban J connectivity index is 1.67. The number of hydrogen-bond donors (Lipinski definition) is 0. The van der Waals surface area contributed by atoms with Gasteiger partial charge in [-0.3, -0.25) is 0 Å². The van der Waals surface area contributed by atoms with Gasteiger partial charge in [0, 0.05) is 0 Å². The van der Waals surface area contributed by atoms with Crippen molar-refractivity contribution in [2.75, 3.05) is 6.61 Å². The fourth-order valence-corrected chi connectivity index (χ4v) is 1.95. The van der Waals surface area contributed by atoms with Crippen LogP contribution in [-0.4, -0.2) is 13.0 Å². The van der Waals surface area contributed by atoms with Crippen LogP contribution < -0.4 is 9.47 Å². The maximum atomic E-state index is 12.0. The van der Waals surface area contributed by atoms with E-state index in [2.05, 4.69) is 10.8 Å². The second-order valence-corrected chi connectivity index (χ2v) is 4.73. The summed E-state index contributed by atoms with van der Waals surface area (Å²) in [6.45, 7) is 0.610. The first-order chi connectivity index (χ1) is 10.5. The fraction of sp³-hybridized carbons (Fsp3) is 0.294. The van der Waals surface area contributed by atoms with Gasteiger partial charge in [-0.05, 0) is 55.2 Å². The molecule has 0 bridgehead atoms. The molecule has 0 aliphatic carbocycles. The Labute approximate surface area is 127 Å². The summed E-state index contributed by atoms with van der Waals surface area (Å²) in [6, 6.07) is 16.2. The van der Waals surface area contributed by atoms with E-state index in [0.29, 0.717) is 6.61 Å². The summed E-state index contributed by atoms with van der Waals surface area (Å²) in [5.41, 5.74) is 0.976. The van der Waals surface area contributed by atoms with Crippen LogP contribution in [0, 0.1) is 6.07 Å². The van der Waals surface area contributed by atoms with Crippen molar-refractivity contribution >= 4 is 0 Å². The monoisotopic (exact) mass is 309 g/mol. The van der Waals surface area contributed by atoms with E-state index in [4.69, 9.17) is 4.74 Å². The third-order valence-electron chi connectivity index (χ3n) is 2.97.